The number of piperazine rings is 3. The van der Waals surface area contributed by atoms with Gasteiger partial charge >= 0.3 is 0 Å². The number of methoxy groups -OCH3 is 2. The fourth-order valence-electron chi connectivity index (χ4n) is 5.01. The first-order valence-corrected chi connectivity index (χ1v) is 10.5. The number of benzene rings is 2. The summed E-state index contributed by atoms with van der Waals surface area (Å²) in [7, 11) is 3.51. The molecule has 3 saturated heterocycles. The second-order valence-electron chi connectivity index (χ2n) is 8.84. The summed E-state index contributed by atoms with van der Waals surface area (Å²) in [6, 6.07) is 18.1. The molecule has 0 N–H and O–H groups in total. The van der Waals surface area contributed by atoms with E-state index >= 15 is 0 Å². The quantitative estimate of drug-likeness (QED) is 0.652. The van der Waals surface area contributed by atoms with Crippen molar-refractivity contribution in [3.8, 4) is 0 Å². The van der Waals surface area contributed by atoms with Crippen molar-refractivity contribution in [3.63, 3.8) is 0 Å². The lowest BCUT2D eigenvalue weighted by Crippen LogP contribution is -2.74. The molecule has 2 bridgehead atoms. The largest absolute Gasteiger partial charge is 0.380 e. The number of hydrogen-bond donors (Lipinski definition) is 0. The number of ether oxygens (including phenoxy) is 2. The topological polar surface area (TPSA) is 18.5 Å². The minimum atomic E-state index is 0.701. The van der Waals surface area contributed by atoms with Gasteiger partial charge in [0.2, 0.25) is 0 Å². The molecule has 0 spiro atoms. The highest BCUT2D eigenvalue weighted by atomic mass is 16.5. The molecule has 4 heteroatoms. The monoisotopic (exact) mass is 382 g/mol. The number of fused-ring (bicyclic) bond motifs is 3. The molecule has 4 nitrogen and oxygen atoms in total. The van der Waals surface area contributed by atoms with Crippen molar-refractivity contribution in [2.45, 2.75) is 26.3 Å². The first-order chi connectivity index (χ1) is 13.6. The van der Waals surface area contributed by atoms with Gasteiger partial charge in [0, 0.05) is 25.3 Å². The molecule has 0 aromatic heterocycles. The standard InChI is InChI=1S/C24H34N2O2/c1-27-19-23-7-3-21(4-8-23)17-25-11-14-26(15-12-25,16-13-25)18-22-5-9-24(10-6-22)20-28-2/h3-10H,11-20H2,1-2H3/q+2. The van der Waals surface area contributed by atoms with Crippen LogP contribution in [0.2, 0.25) is 0 Å². The average molecular weight is 383 g/mol. The van der Waals surface area contributed by atoms with Crippen molar-refractivity contribution in [3.05, 3.63) is 70.8 Å². The van der Waals surface area contributed by atoms with Crippen LogP contribution in [0.25, 0.3) is 0 Å². The van der Waals surface area contributed by atoms with Gasteiger partial charge in [0.15, 0.2) is 0 Å². The number of nitrogens with zero attached hydrogens (tertiary/aromatic N) is 2. The molecular formula is C24H34N2O2+2. The Hall–Kier alpha value is -1.72. The van der Waals surface area contributed by atoms with Crippen LogP contribution in [0.1, 0.15) is 22.3 Å². The van der Waals surface area contributed by atoms with Crippen LogP contribution in [0.3, 0.4) is 0 Å². The second kappa shape index (κ2) is 8.34. The van der Waals surface area contributed by atoms with Gasteiger partial charge in [0.25, 0.3) is 0 Å². The first-order valence-electron chi connectivity index (χ1n) is 10.5. The molecule has 0 atom stereocenters. The van der Waals surface area contributed by atoms with Crippen molar-refractivity contribution in [1.29, 1.82) is 0 Å². The molecule has 3 fully saturated rings. The molecule has 0 saturated carbocycles. The Morgan fingerprint density at radius 2 is 0.821 bits per heavy atom. The zero-order chi connectivity index (χ0) is 19.5. The molecule has 2 aromatic rings. The van der Waals surface area contributed by atoms with Gasteiger partial charge in [-0.05, 0) is 11.1 Å². The second-order valence-corrected chi connectivity index (χ2v) is 8.84. The van der Waals surface area contributed by atoms with Crippen LogP contribution >= 0.6 is 0 Å². The maximum atomic E-state index is 5.23. The van der Waals surface area contributed by atoms with E-state index in [1.165, 1.54) is 83.6 Å². The summed E-state index contributed by atoms with van der Waals surface area (Å²) in [5.41, 5.74) is 5.46. The van der Waals surface area contributed by atoms with Gasteiger partial charge in [-0.2, -0.15) is 0 Å². The molecule has 3 aliphatic heterocycles. The number of quaternary nitrogens is 2. The zero-order valence-corrected chi connectivity index (χ0v) is 17.4. The highest BCUT2D eigenvalue weighted by Crippen LogP contribution is 2.31. The van der Waals surface area contributed by atoms with Crippen molar-refractivity contribution >= 4 is 0 Å². The Bertz CT molecular complexity index is 678. The summed E-state index contributed by atoms with van der Waals surface area (Å²) in [5, 5.41) is 0. The van der Waals surface area contributed by atoms with E-state index in [9.17, 15) is 0 Å². The van der Waals surface area contributed by atoms with Crippen LogP contribution in [0, 0.1) is 0 Å². The maximum Gasteiger partial charge on any atom is 0.129 e. The van der Waals surface area contributed by atoms with Crippen molar-refractivity contribution in [2.75, 3.05) is 53.5 Å². The molecule has 28 heavy (non-hydrogen) atoms. The predicted molar refractivity (Wildman–Crippen MR) is 111 cm³/mol. The molecule has 3 aliphatic rings. The highest BCUT2D eigenvalue weighted by molar-refractivity contribution is 5.22. The first kappa shape index (κ1) is 19.6. The third kappa shape index (κ3) is 4.31. The number of rotatable bonds is 8. The summed E-state index contributed by atoms with van der Waals surface area (Å²) < 4.78 is 13.0. The lowest BCUT2D eigenvalue weighted by atomic mass is 10.0. The van der Waals surface area contributed by atoms with Crippen LogP contribution < -0.4 is 0 Å². The number of hydrogen-bond acceptors (Lipinski definition) is 2. The lowest BCUT2D eigenvalue weighted by molar-refractivity contribution is -1.09. The van der Waals surface area contributed by atoms with Gasteiger partial charge in [-0.25, -0.2) is 0 Å². The highest BCUT2D eigenvalue weighted by Gasteiger charge is 2.48. The normalized spacial score (nSPS) is 26.5. The SMILES string of the molecule is COCc1ccc(C[N+]23CC[N+](Cc4ccc(COC)cc4)(CC2)CC3)cc1. The Morgan fingerprint density at radius 1 is 0.536 bits per heavy atom. The fourth-order valence-corrected chi connectivity index (χ4v) is 5.01. The summed E-state index contributed by atoms with van der Waals surface area (Å²) >= 11 is 0. The molecule has 0 unspecified atom stereocenters. The summed E-state index contributed by atoms with van der Waals surface area (Å²) in [5.74, 6) is 0. The smallest absolute Gasteiger partial charge is 0.129 e. The Kier molecular flexibility index (Phi) is 5.83. The molecule has 0 radical (unpaired) electrons. The average Bonchev–Trinajstić information content (AvgIpc) is 2.73. The predicted octanol–water partition coefficient (Wildman–Crippen LogP) is 3.34. The molecule has 2 aromatic carbocycles. The molecule has 150 valence electrons. The van der Waals surface area contributed by atoms with E-state index in [0.29, 0.717) is 13.2 Å². The molecule has 0 aliphatic carbocycles. The Balaban J connectivity index is 1.36. The minimum Gasteiger partial charge on any atom is -0.380 e. The molecule has 0 amide bonds. The van der Waals surface area contributed by atoms with Crippen molar-refractivity contribution in [1.82, 2.24) is 0 Å². The van der Waals surface area contributed by atoms with Crippen molar-refractivity contribution < 1.29 is 18.4 Å². The zero-order valence-electron chi connectivity index (χ0n) is 17.4. The summed E-state index contributed by atoms with van der Waals surface area (Å²) in [4.78, 5) is 0. The molecular weight excluding hydrogens is 348 g/mol. The lowest BCUT2D eigenvalue weighted by Gasteiger charge is -2.55. The fraction of sp³-hybridized carbons (Fsp3) is 0.500. The van der Waals surface area contributed by atoms with E-state index in [0.717, 1.165) is 0 Å². The molecule has 5 rings (SSSR count). The van der Waals surface area contributed by atoms with Gasteiger partial charge in [0.1, 0.15) is 52.4 Å². The summed E-state index contributed by atoms with van der Waals surface area (Å²) in [6.45, 7) is 11.6. The maximum absolute atomic E-state index is 5.23. The third-order valence-corrected chi connectivity index (χ3v) is 6.85. The van der Waals surface area contributed by atoms with Gasteiger partial charge in [-0.15, -0.1) is 0 Å². The van der Waals surface area contributed by atoms with E-state index in [1.54, 1.807) is 14.2 Å². The van der Waals surface area contributed by atoms with Crippen LogP contribution in [-0.2, 0) is 35.8 Å². The minimum absolute atomic E-state index is 0.701. The van der Waals surface area contributed by atoms with E-state index in [-0.39, 0.29) is 0 Å². The van der Waals surface area contributed by atoms with Gasteiger partial charge in [-0.1, -0.05) is 48.5 Å². The third-order valence-electron chi connectivity index (χ3n) is 6.85. The Labute approximate surface area is 169 Å². The van der Waals surface area contributed by atoms with Gasteiger partial charge < -0.3 is 18.4 Å². The van der Waals surface area contributed by atoms with E-state index in [2.05, 4.69) is 48.5 Å². The van der Waals surface area contributed by atoms with Crippen LogP contribution in [0.4, 0.5) is 0 Å². The van der Waals surface area contributed by atoms with Crippen LogP contribution in [-0.4, -0.2) is 62.5 Å². The van der Waals surface area contributed by atoms with E-state index in [1.807, 2.05) is 0 Å². The van der Waals surface area contributed by atoms with Crippen molar-refractivity contribution in [2.24, 2.45) is 0 Å². The molecule has 3 heterocycles. The van der Waals surface area contributed by atoms with E-state index in [4.69, 9.17) is 9.47 Å². The van der Waals surface area contributed by atoms with Crippen LogP contribution in [0.15, 0.2) is 48.5 Å². The van der Waals surface area contributed by atoms with Gasteiger partial charge in [-0.3, -0.25) is 0 Å². The Morgan fingerprint density at radius 3 is 1.11 bits per heavy atom. The van der Waals surface area contributed by atoms with Crippen LogP contribution in [0.5, 0.6) is 0 Å². The van der Waals surface area contributed by atoms with E-state index < -0.39 is 0 Å². The van der Waals surface area contributed by atoms with Gasteiger partial charge in [0.05, 0.1) is 13.2 Å². The summed E-state index contributed by atoms with van der Waals surface area (Å²) in [6.07, 6.45) is 0.